The second kappa shape index (κ2) is 8.75. The molecule has 0 saturated carbocycles. The fraction of sp³-hybridized carbons (Fsp3) is 0.440. The SMILES string of the molecule is CCCC/C(=C/[Si](c1ccccc1)(c1ccccc1)C(C)(C)C)[Si](C)(C)C. The molecular weight excluding hydrogens is 356 g/mol. The predicted molar refractivity (Wildman–Crippen MR) is 129 cm³/mol. The fourth-order valence-electron chi connectivity index (χ4n) is 4.11. The average molecular weight is 395 g/mol. The third-order valence-electron chi connectivity index (χ3n) is 5.80. The Morgan fingerprint density at radius 2 is 1.26 bits per heavy atom. The number of hydrogen-bond donors (Lipinski definition) is 0. The highest BCUT2D eigenvalue weighted by Gasteiger charge is 2.46. The molecule has 0 aliphatic carbocycles. The molecule has 0 fully saturated rings. The first kappa shape index (κ1) is 21.9. The van der Waals surface area contributed by atoms with Crippen molar-refractivity contribution in [3.63, 3.8) is 0 Å². The lowest BCUT2D eigenvalue weighted by molar-refractivity contribution is 0.737. The molecule has 0 bridgehead atoms. The number of benzene rings is 2. The molecule has 2 rings (SSSR count). The van der Waals surface area contributed by atoms with Crippen LogP contribution in [0.3, 0.4) is 0 Å². The number of rotatable bonds is 7. The van der Waals surface area contributed by atoms with Crippen molar-refractivity contribution in [3.8, 4) is 0 Å². The Morgan fingerprint density at radius 3 is 1.59 bits per heavy atom. The smallest absolute Gasteiger partial charge is 0.0901 e. The lowest BCUT2D eigenvalue weighted by Crippen LogP contribution is -2.63. The summed E-state index contributed by atoms with van der Waals surface area (Å²) in [5.41, 5.74) is 2.82. The van der Waals surface area contributed by atoms with Gasteiger partial charge < -0.3 is 0 Å². The van der Waals surface area contributed by atoms with E-state index in [0.29, 0.717) is 0 Å². The molecule has 0 N–H and O–H groups in total. The van der Waals surface area contributed by atoms with E-state index in [0.717, 1.165) is 0 Å². The van der Waals surface area contributed by atoms with E-state index in [4.69, 9.17) is 0 Å². The summed E-state index contributed by atoms with van der Waals surface area (Å²) >= 11 is 0. The first-order valence-electron chi connectivity index (χ1n) is 10.5. The van der Waals surface area contributed by atoms with Gasteiger partial charge in [-0.05, 0) is 21.8 Å². The van der Waals surface area contributed by atoms with E-state index in [1.807, 2.05) is 0 Å². The highest BCUT2D eigenvalue weighted by atomic mass is 28.3. The quantitative estimate of drug-likeness (QED) is 0.465. The van der Waals surface area contributed by atoms with Crippen molar-refractivity contribution < 1.29 is 0 Å². The summed E-state index contributed by atoms with van der Waals surface area (Å²) in [4.78, 5) is 0. The van der Waals surface area contributed by atoms with Crippen LogP contribution in [0.5, 0.6) is 0 Å². The lowest BCUT2D eigenvalue weighted by Gasteiger charge is -2.43. The van der Waals surface area contributed by atoms with Gasteiger partial charge in [0.1, 0.15) is 8.07 Å². The van der Waals surface area contributed by atoms with Crippen LogP contribution in [0.25, 0.3) is 0 Å². The molecule has 0 spiro atoms. The average Bonchev–Trinajstić information content (AvgIpc) is 2.61. The van der Waals surface area contributed by atoms with Crippen molar-refractivity contribution in [2.75, 3.05) is 0 Å². The van der Waals surface area contributed by atoms with Gasteiger partial charge in [0.2, 0.25) is 0 Å². The Bertz CT molecular complexity index is 692. The van der Waals surface area contributed by atoms with Crippen molar-refractivity contribution >= 4 is 26.5 Å². The molecule has 146 valence electrons. The van der Waals surface area contributed by atoms with Gasteiger partial charge >= 0.3 is 0 Å². The normalized spacial score (nSPS) is 13.7. The van der Waals surface area contributed by atoms with Crippen LogP contribution in [0.4, 0.5) is 0 Å². The predicted octanol–water partition coefficient (Wildman–Crippen LogP) is 6.58. The molecule has 0 heterocycles. The monoisotopic (exact) mass is 394 g/mol. The Kier molecular flexibility index (Phi) is 7.10. The number of allylic oxidation sites excluding steroid dienone is 1. The van der Waals surface area contributed by atoms with Crippen LogP contribution in [0.15, 0.2) is 71.6 Å². The third kappa shape index (κ3) is 4.91. The fourth-order valence-corrected chi connectivity index (χ4v) is 12.4. The third-order valence-corrected chi connectivity index (χ3v) is 14.0. The summed E-state index contributed by atoms with van der Waals surface area (Å²) in [6.07, 6.45) is 3.83. The maximum atomic E-state index is 2.82. The molecule has 2 heteroatoms. The molecule has 0 radical (unpaired) electrons. The van der Waals surface area contributed by atoms with E-state index >= 15 is 0 Å². The van der Waals surface area contributed by atoms with Gasteiger partial charge in [-0.15, -0.1) is 0 Å². The van der Waals surface area contributed by atoms with Gasteiger partial charge in [-0.25, -0.2) is 0 Å². The Hall–Kier alpha value is -1.39. The summed E-state index contributed by atoms with van der Waals surface area (Å²) in [6.45, 7) is 17.2. The summed E-state index contributed by atoms with van der Waals surface area (Å²) in [5.74, 6) is 0. The molecule has 0 aliphatic rings. The zero-order valence-electron chi connectivity index (χ0n) is 18.5. The van der Waals surface area contributed by atoms with E-state index in [-0.39, 0.29) is 5.04 Å². The Morgan fingerprint density at radius 1 is 0.815 bits per heavy atom. The second-order valence-corrected chi connectivity index (χ2v) is 19.5. The van der Waals surface area contributed by atoms with Crippen LogP contribution >= 0.6 is 0 Å². The van der Waals surface area contributed by atoms with E-state index in [2.05, 4.69) is 114 Å². The van der Waals surface area contributed by atoms with Crippen molar-refractivity contribution in [2.45, 2.75) is 71.6 Å². The molecule has 0 amide bonds. The molecule has 2 aromatic carbocycles. The first-order valence-corrected chi connectivity index (χ1v) is 16.0. The number of unbranched alkanes of at least 4 members (excludes halogenated alkanes) is 1. The molecule has 0 aromatic heterocycles. The Labute approximate surface area is 169 Å². The van der Waals surface area contributed by atoms with Crippen molar-refractivity contribution in [1.29, 1.82) is 0 Å². The van der Waals surface area contributed by atoms with E-state index in [1.54, 1.807) is 5.20 Å². The zero-order chi connectivity index (χ0) is 20.1. The van der Waals surface area contributed by atoms with Crippen LogP contribution in [0.2, 0.25) is 24.7 Å². The van der Waals surface area contributed by atoms with Crippen LogP contribution in [0.1, 0.15) is 47.0 Å². The minimum atomic E-state index is -2.10. The maximum absolute atomic E-state index is 2.82. The van der Waals surface area contributed by atoms with Gasteiger partial charge in [0, 0.05) is 0 Å². The van der Waals surface area contributed by atoms with Gasteiger partial charge in [0.15, 0.2) is 0 Å². The summed E-state index contributed by atoms with van der Waals surface area (Å²) < 4.78 is 0. The van der Waals surface area contributed by atoms with Crippen LogP contribution in [-0.2, 0) is 0 Å². The van der Waals surface area contributed by atoms with Gasteiger partial charge in [0.25, 0.3) is 0 Å². The molecule has 0 saturated heterocycles. The van der Waals surface area contributed by atoms with Crippen molar-refractivity contribution in [2.24, 2.45) is 0 Å². The maximum Gasteiger partial charge on any atom is 0.146 e. The van der Waals surface area contributed by atoms with E-state index < -0.39 is 16.1 Å². The largest absolute Gasteiger partial charge is 0.146 e. The van der Waals surface area contributed by atoms with Gasteiger partial charge in [-0.3, -0.25) is 0 Å². The van der Waals surface area contributed by atoms with E-state index in [9.17, 15) is 0 Å². The Balaban J connectivity index is 2.85. The van der Waals surface area contributed by atoms with Crippen LogP contribution in [0, 0.1) is 0 Å². The standard InChI is InChI=1S/C25H38Si2/c1-8-9-16-24(26(5,6)7)21-27(25(2,3)4,22-17-12-10-13-18-22)23-19-14-11-15-20-23/h10-15,17-21H,8-9,16H2,1-7H3/b24-21-. The lowest BCUT2D eigenvalue weighted by atomic mass is 10.2. The van der Waals surface area contributed by atoms with Gasteiger partial charge in [-0.1, -0.05) is 132 Å². The summed E-state index contributed by atoms with van der Waals surface area (Å²) in [5, 5.41) is 5.04. The molecule has 27 heavy (non-hydrogen) atoms. The molecule has 0 aliphatic heterocycles. The summed E-state index contributed by atoms with van der Waals surface area (Å²) in [6, 6.07) is 22.7. The minimum Gasteiger partial charge on any atom is -0.0901 e. The molecule has 0 atom stereocenters. The minimum absolute atomic E-state index is 0.201. The molecule has 0 unspecified atom stereocenters. The second-order valence-electron chi connectivity index (χ2n) is 9.81. The highest BCUT2D eigenvalue weighted by Crippen LogP contribution is 2.39. The van der Waals surface area contributed by atoms with Gasteiger partial charge in [0.05, 0.1) is 8.07 Å². The van der Waals surface area contributed by atoms with Crippen LogP contribution in [-0.4, -0.2) is 16.1 Å². The molecule has 0 nitrogen and oxygen atoms in total. The van der Waals surface area contributed by atoms with Crippen molar-refractivity contribution in [1.82, 2.24) is 0 Å². The highest BCUT2D eigenvalue weighted by molar-refractivity contribution is 7.08. The van der Waals surface area contributed by atoms with Crippen molar-refractivity contribution in [3.05, 3.63) is 71.6 Å². The number of hydrogen-bond acceptors (Lipinski definition) is 0. The van der Waals surface area contributed by atoms with Crippen LogP contribution < -0.4 is 10.4 Å². The molecule has 2 aromatic rings. The first-order chi connectivity index (χ1) is 12.6. The topological polar surface area (TPSA) is 0 Å². The summed E-state index contributed by atoms with van der Waals surface area (Å²) in [7, 11) is -3.48. The zero-order valence-corrected chi connectivity index (χ0v) is 20.5. The molecular formula is C25H38Si2. The van der Waals surface area contributed by atoms with Gasteiger partial charge in [-0.2, -0.15) is 0 Å². The van der Waals surface area contributed by atoms with E-state index in [1.165, 1.54) is 29.6 Å².